The number of piperazine rings is 1. The summed E-state index contributed by atoms with van der Waals surface area (Å²) in [5.41, 5.74) is 0.683. The molecule has 0 unspecified atom stereocenters. The van der Waals surface area contributed by atoms with Gasteiger partial charge in [0.1, 0.15) is 0 Å². The molecule has 0 radical (unpaired) electrons. The van der Waals surface area contributed by atoms with E-state index in [2.05, 4.69) is 5.32 Å². The van der Waals surface area contributed by atoms with Gasteiger partial charge in [-0.3, -0.25) is 9.69 Å². The molecule has 0 aliphatic carbocycles. The summed E-state index contributed by atoms with van der Waals surface area (Å²) in [6.07, 6.45) is -0.287. The number of ether oxygens (including phenoxy) is 1. The number of hydrogen-bond acceptors (Lipinski definition) is 4. The fraction of sp³-hybridized carbons (Fsp3) is 0.467. The second-order valence-electron chi connectivity index (χ2n) is 5.02. The van der Waals surface area contributed by atoms with E-state index >= 15 is 0 Å². The average molecular weight is 326 g/mol. The Morgan fingerprint density at radius 2 is 2.00 bits per heavy atom. The minimum atomic E-state index is -0.287. The van der Waals surface area contributed by atoms with Gasteiger partial charge < -0.3 is 15.0 Å². The number of carbonyl (C=O) groups is 2. The first-order valence-electron chi connectivity index (χ1n) is 7.28. The lowest BCUT2D eigenvalue weighted by Crippen LogP contribution is -2.50. The monoisotopic (exact) mass is 325 g/mol. The largest absolute Gasteiger partial charge is 0.450 e. The van der Waals surface area contributed by atoms with Crippen molar-refractivity contribution in [2.45, 2.75) is 6.92 Å². The minimum Gasteiger partial charge on any atom is -0.450 e. The molecule has 0 spiro atoms. The number of nitrogens with zero attached hydrogens (tertiary/aromatic N) is 2. The van der Waals surface area contributed by atoms with Crippen molar-refractivity contribution in [3.05, 3.63) is 29.3 Å². The number of rotatable bonds is 4. The molecule has 1 fully saturated rings. The zero-order valence-corrected chi connectivity index (χ0v) is 13.3. The average Bonchev–Trinajstić information content (AvgIpc) is 2.48. The first kappa shape index (κ1) is 16.6. The van der Waals surface area contributed by atoms with Gasteiger partial charge in [-0.25, -0.2) is 4.79 Å². The van der Waals surface area contributed by atoms with E-state index in [-0.39, 0.29) is 12.0 Å². The number of anilines is 1. The van der Waals surface area contributed by atoms with Crippen molar-refractivity contribution in [1.82, 2.24) is 9.80 Å². The van der Waals surface area contributed by atoms with Crippen molar-refractivity contribution >= 4 is 29.3 Å². The van der Waals surface area contributed by atoms with Crippen LogP contribution in [-0.2, 0) is 9.53 Å². The Morgan fingerprint density at radius 3 is 2.64 bits per heavy atom. The highest BCUT2D eigenvalue weighted by Gasteiger charge is 2.23. The molecule has 1 N–H and O–H groups in total. The van der Waals surface area contributed by atoms with Crippen molar-refractivity contribution in [3.63, 3.8) is 0 Å². The van der Waals surface area contributed by atoms with Crippen LogP contribution in [0.5, 0.6) is 0 Å². The van der Waals surface area contributed by atoms with Crippen LogP contribution in [0.2, 0.25) is 5.02 Å². The Kier molecular flexibility index (Phi) is 6.03. The second-order valence-corrected chi connectivity index (χ2v) is 5.46. The first-order chi connectivity index (χ1) is 10.6. The maximum Gasteiger partial charge on any atom is 0.409 e. The third-order valence-corrected chi connectivity index (χ3v) is 3.61. The molecule has 1 aromatic rings. The van der Waals surface area contributed by atoms with Crippen molar-refractivity contribution in [1.29, 1.82) is 0 Å². The molecule has 1 heterocycles. The molecule has 1 aromatic carbocycles. The number of amides is 2. The van der Waals surface area contributed by atoms with E-state index in [9.17, 15) is 9.59 Å². The first-order valence-corrected chi connectivity index (χ1v) is 7.65. The van der Waals surface area contributed by atoms with Crippen molar-refractivity contribution in [2.75, 3.05) is 44.6 Å². The molecule has 22 heavy (non-hydrogen) atoms. The molecule has 1 aliphatic heterocycles. The van der Waals surface area contributed by atoms with Crippen molar-refractivity contribution in [3.8, 4) is 0 Å². The van der Waals surface area contributed by atoms with Gasteiger partial charge in [-0.05, 0) is 25.1 Å². The second kappa shape index (κ2) is 8.00. The van der Waals surface area contributed by atoms with Crippen LogP contribution in [0.1, 0.15) is 6.92 Å². The van der Waals surface area contributed by atoms with Crippen molar-refractivity contribution < 1.29 is 14.3 Å². The third-order valence-electron chi connectivity index (χ3n) is 3.37. The maximum absolute atomic E-state index is 12.0. The summed E-state index contributed by atoms with van der Waals surface area (Å²) in [5, 5.41) is 3.40. The topological polar surface area (TPSA) is 61.9 Å². The molecule has 1 aliphatic rings. The Bertz CT molecular complexity index is 531. The van der Waals surface area contributed by atoms with Gasteiger partial charge in [0, 0.05) is 36.9 Å². The summed E-state index contributed by atoms with van der Waals surface area (Å²) >= 11 is 5.88. The summed E-state index contributed by atoms with van der Waals surface area (Å²) in [6, 6.07) is 7.04. The third kappa shape index (κ3) is 4.89. The fourth-order valence-electron chi connectivity index (χ4n) is 2.27. The number of carbonyl (C=O) groups excluding carboxylic acids is 2. The van der Waals surface area contributed by atoms with Gasteiger partial charge in [0.25, 0.3) is 0 Å². The quantitative estimate of drug-likeness (QED) is 0.920. The van der Waals surface area contributed by atoms with Gasteiger partial charge in [0.05, 0.1) is 13.2 Å². The summed E-state index contributed by atoms with van der Waals surface area (Å²) in [6.45, 7) is 4.91. The van der Waals surface area contributed by atoms with Gasteiger partial charge in [-0.2, -0.15) is 0 Å². The summed E-state index contributed by atoms with van der Waals surface area (Å²) in [7, 11) is 0. The molecule has 2 rings (SSSR count). The van der Waals surface area contributed by atoms with Crippen LogP contribution >= 0.6 is 11.6 Å². The molecular formula is C15H20ClN3O3. The Balaban J connectivity index is 1.76. The summed E-state index contributed by atoms with van der Waals surface area (Å²) < 4.78 is 4.96. The smallest absolute Gasteiger partial charge is 0.409 e. The molecule has 6 nitrogen and oxygen atoms in total. The maximum atomic E-state index is 12.0. The fourth-order valence-corrected chi connectivity index (χ4v) is 2.46. The van der Waals surface area contributed by atoms with Crippen molar-refractivity contribution in [2.24, 2.45) is 0 Å². The standard InChI is InChI=1S/C15H20ClN3O3/c1-2-22-15(21)19-8-6-18(7-9-19)11-14(20)17-13-5-3-4-12(16)10-13/h3-5,10H,2,6-9,11H2,1H3,(H,17,20). The molecule has 1 saturated heterocycles. The molecular weight excluding hydrogens is 306 g/mol. The van der Waals surface area contributed by atoms with Gasteiger partial charge >= 0.3 is 6.09 Å². The van der Waals surface area contributed by atoms with Gasteiger partial charge in [-0.1, -0.05) is 17.7 Å². The number of halogens is 1. The lowest BCUT2D eigenvalue weighted by molar-refractivity contribution is -0.117. The van der Waals surface area contributed by atoms with Crippen LogP contribution in [0, 0.1) is 0 Å². The summed E-state index contributed by atoms with van der Waals surface area (Å²) in [4.78, 5) is 27.3. The predicted molar refractivity (Wildman–Crippen MR) is 85.1 cm³/mol. The molecule has 0 aromatic heterocycles. The SMILES string of the molecule is CCOC(=O)N1CCN(CC(=O)Nc2cccc(Cl)c2)CC1. The van der Waals surface area contributed by atoms with E-state index in [1.165, 1.54) is 0 Å². The zero-order chi connectivity index (χ0) is 15.9. The Hall–Kier alpha value is -1.79. The zero-order valence-electron chi connectivity index (χ0n) is 12.5. The highest BCUT2D eigenvalue weighted by atomic mass is 35.5. The van der Waals surface area contributed by atoms with Gasteiger partial charge in [0.2, 0.25) is 5.91 Å². The molecule has 7 heteroatoms. The lowest BCUT2D eigenvalue weighted by Gasteiger charge is -2.33. The van der Waals surface area contributed by atoms with Crippen LogP contribution in [0.15, 0.2) is 24.3 Å². The number of hydrogen-bond donors (Lipinski definition) is 1. The summed E-state index contributed by atoms with van der Waals surface area (Å²) in [5.74, 6) is -0.0909. The van der Waals surface area contributed by atoms with Crippen LogP contribution in [0.4, 0.5) is 10.5 Å². The van der Waals surface area contributed by atoms with Crippen LogP contribution < -0.4 is 5.32 Å². The van der Waals surface area contributed by atoms with Crippen LogP contribution in [-0.4, -0.2) is 61.1 Å². The number of benzene rings is 1. The number of nitrogens with one attached hydrogen (secondary N) is 1. The molecule has 0 saturated carbocycles. The molecule has 0 bridgehead atoms. The lowest BCUT2D eigenvalue weighted by atomic mass is 10.3. The Morgan fingerprint density at radius 1 is 1.27 bits per heavy atom. The van der Waals surface area contributed by atoms with E-state index in [0.29, 0.717) is 50.0 Å². The molecule has 120 valence electrons. The predicted octanol–water partition coefficient (Wildman–Crippen LogP) is 2.05. The van der Waals surface area contributed by atoms with Crippen LogP contribution in [0.3, 0.4) is 0 Å². The van der Waals surface area contributed by atoms with E-state index < -0.39 is 0 Å². The highest BCUT2D eigenvalue weighted by Crippen LogP contribution is 2.15. The normalized spacial score (nSPS) is 15.5. The molecule has 0 atom stereocenters. The van der Waals surface area contributed by atoms with E-state index in [0.717, 1.165) is 0 Å². The molecule has 2 amide bonds. The Labute approximate surface area is 135 Å². The highest BCUT2D eigenvalue weighted by molar-refractivity contribution is 6.30. The minimum absolute atomic E-state index is 0.0909. The van der Waals surface area contributed by atoms with E-state index in [1.807, 2.05) is 4.90 Å². The van der Waals surface area contributed by atoms with E-state index in [1.54, 1.807) is 36.1 Å². The van der Waals surface area contributed by atoms with Gasteiger partial charge in [0.15, 0.2) is 0 Å². The van der Waals surface area contributed by atoms with E-state index in [4.69, 9.17) is 16.3 Å². The van der Waals surface area contributed by atoms with Gasteiger partial charge in [-0.15, -0.1) is 0 Å². The van der Waals surface area contributed by atoms with Crippen LogP contribution in [0.25, 0.3) is 0 Å².